The predicted molar refractivity (Wildman–Crippen MR) is 112 cm³/mol. The Kier molecular flexibility index (Phi) is 5.73. The van der Waals surface area contributed by atoms with Crippen molar-refractivity contribution in [1.82, 2.24) is 4.57 Å². The van der Waals surface area contributed by atoms with E-state index in [-0.39, 0.29) is 31.3 Å². The quantitative estimate of drug-likeness (QED) is 0.448. The van der Waals surface area contributed by atoms with Crippen molar-refractivity contribution in [3.63, 3.8) is 0 Å². The second-order valence-corrected chi connectivity index (χ2v) is 7.38. The molecule has 0 amide bonds. The average Bonchev–Trinajstić information content (AvgIpc) is 3.21. The van der Waals surface area contributed by atoms with Crippen LogP contribution in [0, 0.1) is 0 Å². The molecule has 4 aromatic rings. The molecule has 6 heteroatoms. The summed E-state index contributed by atoms with van der Waals surface area (Å²) in [5.74, 6) is -1.03. The van der Waals surface area contributed by atoms with Crippen LogP contribution >= 0.6 is 0 Å². The molecule has 0 unspecified atom stereocenters. The topological polar surface area (TPSA) is 71.4 Å². The van der Waals surface area contributed by atoms with Gasteiger partial charge in [-0.3, -0.25) is 9.36 Å². The molecule has 1 aliphatic heterocycles. The van der Waals surface area contributed by atoms with Crippen LogP contribution in [0.1, 0.15) is 17.2 Å². The number of hydrogen-bond acceptors (Lipinski definition) is 4. The van der Waals surface area contributed by atoms with Crippen molar-refractivity contribution < 1.29 is 33.5 Å². The van der Waals surface area contributed by atoms with Gasteiger partial charge < -0.3 is 14.6 Å². The van der Waals surface area contributed by atoms with Gasteiger partial charge >= 0.3 is 18.9 Å². The van der Waals surface area contributed by atoms with E-state index in [1.807, 2.05) is 54.6 Å². The number of ether oxygens (including phenoxy) is 1. The molecule has 3 aromatic carbocycles. The summed E-state index contributed by atoms with van der Waals surface area (Å²) in [4.78, 5) is 24.4. The maximum Gasteiger partial charge on any atom is 1.00 e. The Hall–Kier alpha value is -3.26. The second-order valence-electron chi connectivity index (χ2n) is 7.38. The van der Waals surface area contributed by atoms with Gasteiger partial charge in [0.2, 0.25) is 5.88 Å². The molecule has 148 valence electrons. The van der Waals surface area contributed by atoms with E-state index >= 15 is 0 Å². The summed E-state index contributed by atoms with van der Waals surface area (Å²) in [5.41, 5.74) is 3.10. The van der Waals surface area contributed by atoms with E-state index in [0.717, 1.165) is 33.0 Å². The zero-order valence-electron chi connectivity index (χ0n) is 17.1. The largest absolute Gasteiger partial charge is 1.00 e. The summed E-state index contributed by atoms with van der Waals surface area (Å²) in [6, 6.07) is 24.2. The first kappa shape index (κ1) is 21.0. The number of rotatable bonds is 4. The molecule has 0 bridgehead atoms. The minimum atomic E-state index is -1.32. The number of nitrogens with zero attached hydrogens (tertiary/aromatic N) is 1. The summed E-state index contributed by atoms with van der Waals surface area (Å²) in [6.07, 6.45) is 0.522. The third-order valence-electron chi connectivity index (χ3n) is 5.57. The number of hydrogen-bond donors (Lipinski definition) is 0. The monoisotopic (exact) mass is 403 g/mol. The van der Waals surface area contributed by atoms with Crippen molar-refractivity contribution in [3.05, 3.63) is 100 Å². The molecule has 0 spiro atoms. The summed E-state index contributed by atoms with van der Waals surface area (Å²) in [5, 5.41) is 13.8. The van der Waals surface area contributed by atoms with Crippen molar-refractivity contribution in [2.45, 2.75) is 12.5 Å². The smallest absolute Gasteiger partial charge is 0.548 e. The minimum Gasteiger partial charge on any atom is -0.548 e. The maximum atomic E-state index is 12.9. The summed E-state index contributed by atoms with van der Waals surface area (Å²) in [6.45, 7) is -0.116. The number of pyridine rings is 1. The van der Waals surface area contributed by atoms with Gasteiger partial charge in [0.25, 0.3) is 5.56 Å². The van der Waals surface area contributed by atoms with Crippen LogP contribution in [0.4, 0.5) is 0 Å². The first-order valence-electron chi connectivity index (χ1n) is 9.77. The van der Waals surface area contributed by atoms with Gasteiger partial charge in [-0.15, -0.1) is 0 Å². The van der Waals surface area contributed by atoms with E-state index in [1.54, 1.807) is 0 Å². The van der Waals surface area contributed by atoms with Gasteiger partial charge in [-0.1, -0.05) is 72.8 Å². The molecule has 0 aliphatic carbocycles. The van der Waals surface area contributed by atoms with E-state index in [1.165, 1.54) is 10.6 Å². The molecule has 31 heavy (non-hydrogen) atoms. The number of fused-ring (bicyclic) bond motifs is 2. The zero-order valence-corrected chi connectivity index (χ0v) is 17.1. The molecule has 1 aromatic heterocycles. The Morgan fingerprint density at radius 2 is 1.68 bits per heavy atom. The molecular formula is C25H18LiNO4. The Labute approximate surface area is 191 Å². The molecule has 0 saturated carbocycles. The van der Waals surface area contributed by atoms with Crippen LogP contribution in [-0.4, -0.2) is 17.1 Å². The molecule has 0 N–H and O–H groups in total. The normalized spacial score (nSPS) is 14.5. The van der Waals surface area contributed by atoms with Crippen LogP contribution in [0.5, 0.6) is 5.88 Å². The molecular weight excluding hydrogens is 385 g/mol. The number of carboxylic acid groups (broad SMARTS) is 1. The number of carbonyl (C=O) groups is 1. The van der Waals surface area contributed by atoms with Crippen LogP contribution in [0.3, 0.4) is 0 Å². The van der Waals surface area contributed by atoms with Crippen molar-refractivity contribution >= 4 is 16.7 Å². The van der Waals surface area contributed by atoms with Gasteiger partial charge in [0.1, 0.15) is 12.6 Å². The van der Waals surface area contributed by atoms with E-state index in [9.17, 15) is 14.7 Å². The summed E-state index contributed by atoms with van der Waals surface area (Å²) < 4.78 is 6.95. The molecule has 5 nitrogen and oxygen atoms in total. The maximum absolute atomic E-state index is 12.9. The summed E-state index contributed by atoms with van der Waals surface area (Å²) >= 11 is 0. The van der Waals surface area contributed by atoms with Crippen LogP contribution < -0.4 is 34.3 Å². The predicted octanol–water partition coefficient (Wildman–Crippen LogP) is -0.0533. The van der Waals surface area contributed by atoms with Gasteiger partial charge in [-0.05, 0) is 33.9 Å². The molecule has 0 radical (unpaired) electrons. The van der Waals surface area contributed by atoms with Gasteiger partial charge in [0.15, 0.2) is 0 Å². The Bertz CT molecular complexity index is 1330. The second kappa shape index (κ2) is 8.47. The van der Waals surface area contributed by atoms with Gasteiger partial charge in [-0.2, -0.15) is 0 Å². The van der Waals surface area contributed by atoms with Crippen molar-refractivity contribution in [1.29, 1.82) is 0 Å². The number of carboxylic acids is 1. The van der Waals surface area contributed by atoms with E-state index in [4.69, 9.17) is 4.74 Å². The van der Waals surface area contributed by atoms with Crippen LogP contribution in [0.25, 0.3) is 21.9 Å². The van der Waals surface area contributed by atoms with E-state index in [2.05, 4.69) is 18.2 Å². The molecule has 1 atom stereocenters. The molecule has 0 fully saturated rings. The number of carbonyl (C=O) groups excluding carboxylic acids is 1. The molecule has 0 saturated heterocycles. The third-order valence-corrected chi connectivity index (χ3v) is 5.57. The van der Waals surface area contributed by atoms with Crippen LogP contribution in [0.15, 0.2) is 83.7 Å². The Morgan fingerprint density at radius 3 is 2.45 bits per heavy atom. The van der Waals surface area contributed by atoms with E-state index < -0.39 is 17.6 Å². The number of aromatic nitrogens is 1. The number of benzene rings is 3. The van der Waals surface area contributed by atoms with Crippen molar-refractivity contribution in [3.8, 4) is 17.0 Å². The Balaban J connectivity index is 0.00000231. The fraction of sp³-hybridized carbons (Fsp3) is 0.120. The van der Waals surface area contributed by atoms with Gasteiger partial charge in [-0.25, -0.2) is 0 Å². The van der Waals surface area contributed by atoms with E-state index in [0.29, 0.717) is 6.42 Å². The zero-order chi connectivity index (χ0) is 20.7. The van der Waals surface area contributed by atoms with Gasteiger partial charge in [0, 0.05) is 11.6 Å². The molecule has 5 rings (SSSR count). The van der Waals surface area contributed by atoms with Crippen molar-refractivity contribution in [2.24, 2.45) is 0 Å². The fourth-order valence-electron chi connectivity index (χ4n) is 4.20. The molecule has 2 heterocycles. The number of aliphatic carboxylic acids is 1. The molecule has 1 aliphatic rings. The fourth-order valence-corrected chi connectivity index (χ4v) is 4.20. The first-order chi connectivity index (χ1) is 14.6. The SMILES string of the molecule is O=C([O-])[C@@H]1COc2c(-c3ccccc3)c(Cc3cccc4ccccc34)cc(=O)n21.[Li+]. The third kappa shape index (κ3) is 3.67. The average molecular weight is 403 g/mol. The Morgan fingerprint density at radius 1 is 0.968 bits per heavy atom. The van der Waals surface area contributed by atoms with Crippen LogP contribution in [0.2, 0.25) is 0 Å². The minimum absolute atomic E-state index is 0. The van der Waals surface area contributed by atoms with Crippen molar-refractivity contribution in [2.75, 3.05) is 6.61 Å². The standard InChI is InChI=1S/C25H19NO4.Li/c27-22-14-19(13-18-11-6-10-16-7-4-5-12-20(16)18)23(17-8-2-1-3-9-17)24-26(22)21(15-30-24)25(28)29;/h1-12,14,21H,13,15H2,(H,28,29);/q;+1/p-1/t21-;/m0./s1. The summed E-state index contributed by atoms with van der Waals surface area (Å²) in [7, 11) is 0. The van der Waals surface area contributed by atoms with Crippen LogP contribution in [-0.2, 0) is 11.2 Å². The van der Waals surface area contributed by atoms with Gasteiger partial charge in [0.05, 0.1) is 5.97 Å². The first-order valence-corrected chi connectivity index (χ1v) is 9.77.